The van der Waals surface area contributed by atoms with Gasteiger partial charge in [0.15, 0.2) is 0 Å². The average molecular weight is 178 g/mol. The van der Waals surface area contributed by atoms with Crippen LogP contribution in [0.5, 0.6) is 0 Å². The highest BCUT2D eigenvalue weighted by Crippen LogP contribution is 2.23. The first kappa shape index (κ1) is 11.2. The fourth-order valence-electron chi connectivity index (χ4n) is 1.08. The van der Waals surface area contributed by atoms with Crippen molar-refractivity contribution in [1.82, 2.24) is 0 Å². The molecule has 0 saturated carbocycles. The van der Waals surface area contributed by atoms with Crippen molar-refractivity contribution >= 4 is 6.15 Å². The van der Waals surface area contributed by atoms with E-state index in [0.717, 1.165) is 24.0 Å². The Hall–Kier alpha value is -1.85. The molecular weight excluding hydrogens is 168 g/mol. The van der Waals surface area contributed by atoms with Gasteiger partial charge in [0, 0.05) is 12.1 Å². The molecule has 68 valence electrons. The van der Waals surface area contributed by atoms with E-state index in [9.17, 15) is 0 Å². The minimum absolute atomic E-state index is 0.250. The van der Waals surface area contributed by atoms with Crippen LogP contribution in [0, 0.1) is 11.3 Å². The molecule has 0 aliphatic heterocycles. The van der Waals surface area contributed by atoms with Gasteiger partial charge in [0.05, 0.1) is 11.6 Å². The SMILES string of the molecule is CCC1=CCC(C#N)=C1N.O=C=O. The van der Waals surface area contributed by atoms with E-state index in [0.29, 0.717) is 5.70 Å². The van der Waals surface area contributed by atoms with Gasteiger partial charge in [0.2, 0.25) is 0 Å². The van der Waals surface area contributed by atoms with Crippen molar-refractivity contribution in [3.05, 3.63) is 22.9 Å². The van der Waals surface area contributed by atoms with Crippen LogP contribution in [0.2, 0.25) is 0 Å². The van der Waals surface area contributed by atoms with Gasteiger partial charge in [-0.3, -0.25) is 0 Å². The van der Waals surface area contributed by atoms with E-state index in [2.05, 4.69) is 6.07 Å². The number of hydrogen-bond acceptors (Lipinski definition) is 4. The first-order chi connectivity index (χ1) is 6.21. The standard InChI is InChI=1S/C8H10N2.CO2/c1-2-6-3-4-7(5-9)8(6)10;2-1-3/h3H,2,4,10H2,1H3;. The quantitative estimate of drug-likeness (QED) is 0.645. The van der Waals surface area contributed by atoms with Crippen molar-refractivity contribution in [2.45, 2.75) is 19.8 Å². The molecule has 0 aromatic heterocycles. The van der Waals surface area contributed by atoms with Gasteiger partial charge in [0.1, 0.15) is 0 Å². The highest BCUT2D eigenvalue weighted by molar-refractivity contribution is 5.46. The third-order valence-corrected chi connectivity index (χ3v) is 1.74. The van der Waals surface area contributed by atoms with Crippen molar-refractivity contribution in [2.24, 2.45) is 5.73 Å². The van der Waals surface area contributed by atoms with Crippen LogP contribution in [0.25, 0.3) is 0 Å². The normalized spacial score (nSPS) is 13.7. The molecule has 0 saturated heterocycles. The smallest absolute Gasteiger partial charge is 0.373 e. The second kappa shape index (κ2) is 5.76. The molecule has 1 rings (SSSR count). The summed E-state index contributed by atoms with van der Waals surface area (Å²) in [5.41, 5.74) is 8.17. The van der Waals surface area contributed by atoms with Crippen molar-refractivity contribution < 1.29 is 9.59 Å². The predicted octanol–water partition coefficient (Wildman–Crippen LogP) is 0.879. The Balaban J connectivity index is 0.000000424. The Morgan fingerprint density at radius 1 is 1.62 bits per heavy atom. The van der Waals surface area contributed by atoms with E-state index < -0.39 is 0 Å². The van der Waals surface area contributed by atoms with Crippen LogP contribution >= 0.6 is 0 Å². The first-order valence-corrected chi connectivity index (χ1v) is 3.78. The van der Waals surface area contributed by atoms with Crippen LogP contribution in [0.3, 0.4) is 0 Å². The molecule has 1 aliphatic carbocycles. The fourth-order valence-corrected chi connectivity index (χ4v) is 1.08. The Morgan fingerprint density at radius 2 is 2.15 bits per heavy atom. The Bertz CT molecular complexity index is 315. The minimum atomic E-state index is 0.250. The zero-order chi connectivity index (χ0) is 10.3. The van der Waals surface area contributed by atoms with Gasteiger partial charge in [0.25, 0.3) is 0 Å². The second-order valence-electron chi connectivity index (χ2n) is 2.37. The van der Waals surface area contributed by atoms with Gasteiger partial charge in [-0.05, 0) is 12.0 Å². The molecule has 0 radical (unpaired) electrons. The van der Waals surface area contributed by atoms with Crippen molar-refractivity contribution in [3.8, 4) is 6.07 Å². The van der Waals surface area contributed by atoms with Crippen molar-refractivity contribution in [2.75, 3.05) is 0 Å². The van der Waals surface area contributed by atoms with Gasteiger partial charge in [-0.2, -0.15) is 14.9 Å². The Labute approximate surface area is 76.3 Å². The summed E-state index contributed by atoms with van der Waals surface area (Å²) in [6.07, 6.45) is 3.93. The topological polar surface area (TPSA) is 83.9 Å². The molecule has 0 aromatic carbocycles. The molecule has 0 fully saturated rings. The monoisotopic (exact) mass is 178 g/mol. The summed E-state index contributed by atoms with van der Waals surface area (Å²) in [4.78, 5) is 16.2. The van der Waals surface area contributed by atoms with Crippen LogP contribution in [-0.4, -0.2) is 6.15 Å². The Kier molecular flexibility index (Phi) is 4.94. The van der Waals surface area contributed by atoms with E-state index in [1.165, 1.54) is 0 Å². The van der Waals surface area contributed by atoms with Crippen molar-refractivity contribution in [1.29, 1.82) is 5.26 Å². The van der Waals surface area contributed by atoms with Crippen LogP contribution in [0.1, 0.15) is 19.8 Å². The summed E-state index contributed by atoms with van der Waals surface area (Å²) in [6, 6.07) is 2.08. The largest absolute Gasteiger partial charge is 0.398 e. The molecule has 0 atom stereocenters. The lowest BCUT2D eigenvalue weighted by Crippen LogP contribution is -1.99. The number of allylic oxidation sites excluding steroid dienone is 3. The third-order valence-electron chi connectivity index (χ3n) is 1.74. The van der Waals surface area contributed by atoms with E-state index in [4.69, 9.17) is 20.6 Å². The molecule has 2 N–H and O–H groups in total. The number of nitrogens with zero attached hydrogens (tertiary/aromatic N) is 1. The lowest BCUT2D eigenvalue weighted by Gasteiger charge is -1.97. The van der Waals surface area contributed by atoms with Crippen LogP contribution in [0.4, 0.5) is 0 Å². The maximum atomic E-state index is 8.53. The van der Waals surface area contributed by atoms with Crippen LogP contribution in [0.15, 0.2) is 22.9 Å². The summed E-state index contributed by atoms with van der Waals surface area (Å²) in [5.74, 6) is 0. The summed E-state index contributed by atoms with van der Waals surface area (Å²) in [5, 5.41) is 8.53. The molecular formula is C9H10N2O2. The van der Waals surface area contributed by atoms with Gasteiger partial charge in [-0.25, -0.2) is 0 Å². The number of carbonyl (C=O) groups excluding carboxylic acids is 2. The summed E-state index contributed by atoms with van der Waals surface area (Å²) < 4.78 is 0. The highest BCUT2D eigenvalue weighted by atomic mass is 16.2. The van der Waals surface area contributed by atoms with E-state index >= 15 is 0 Å². The lowest BCUT2D eigenvalue weighted by atomic mass is 10.2. The summed E-state index contributed by atoms with van der Waals surface area (Å²) in [6.45, 7) is 2.04. The van der Waals surface area contributed by atoms with Crippen LogP contribution in [-0.2, 0) is 9.59 Å². The molecule has 13 heavy (non-hydrogen) atoms. The zero-order valence-electron chi connectivity index (χ0n) is 7.33. The molecule has 1 aliphatic rings. The third kappa shape index (κ3) is 2.94. The predicted molar refractivity (Wildman–Crippen MR) is 44.8 cm³/mol. The number of hydrogen-bond donors (Lipinski definition) is 1. The zero-order valence-corrected chi connectivity index (χ0v) is 7.33. The number of nitrogens with two attached hydrogens (primary N) is 1. The molecule has 0 aromatic rings. The van der Waals surface area contributed by atoms with Gasteiger partial charge < -0.3 is 5.73 Å². The maximum Gasteiger partial charge on any atom is 0.373 e. The molecule has 0 bridgehead atoms. The first-order valence-electron chi connectivity index (χ1n) is 3.78. The van der Waals surface area contributed by atoms with E-state index in [-0.39, 0.29) is 6.15 Å². The molecule has 4 heteroatoms. The molecule has 0 heterocycles. The number of rotatable bonds is 1. The van der Waals surface area contributed by atoms with Crippen molar-refractivity contribution in [3.63, 3.8) is 0 Å². The highest BCUT2D eigenvalue weighted by Gasteiger charge is 2.11. The lowest BCUT2D eigenvalue weighted by molar-refractivity contribution is -0.191. The van der Waals surface area contributed by atoms with Crippen LogP contribution < -0.4 is 5.73 Å². The summed E-state index contributed by atoms with van der Waals surface area (Å²) in [7, 11) is 0. The maximum absolute atomic E-state index is 8.53. The number of nitriles is 1. The fraction of sp³-hybridized carbons (Fsp3) is 0.333. The average Bonchev–Trinajstić information content (AvgIpc) is 2.47. The van der Waals surface area contributed by atoms with Gasteiger partial charge in [-0.15, -0.1) is 0 Å². The molecule has 0 spiro atoms. The van der Waals surface area contributed by atoms with Gasteiger partial charge in [-0.1, -0.05) is 13.0 Å². The van der Waals surface area contributed by atoms with Gasteiger partial charge >= 0.3 is 6.15 Å². The molecule has 0 unspecified atom stereocenters. The summed E-state index contributed by atoms with van der Waals surface area (Å²) >= 11 is 0. The molecule has 0 amide bonds. The molecule has 4 nitrogen and oxygen atoms in total. The second-order valence-corrected chi connectivity index (χ2v) is 2.37. The van der Waals surface area contributed by atoms with E-state index in [1.54, 1.807) is 0 Å². The van der Waals surface area contributed by atoms with E-state index in [1.807, 2.05) is 13.0 Å². The minimum Gasteiger partial charge on any atom is -0.398 e. The Morgan fingerprint density at radius 3 is 2.38 bits per heavy atom.